The molecule has 0 aromatic heterocycles. The van der Waals surface area contributed by atoms with Crippen molar-refractivity contribution in [3.8, 4) is 0 Å². The lowest BCUT2D eigenvalue weighted by molar-refractivity contribution is 0.368. The van der Waals surface area contributed by atoms with E-state index < -0.39 is 15.1 Å². The lowest BCUT2D eigenvalue weighted by Gasteiger charge is -2.19. The molecule has 2 rings (SSSR count). The van der Waals surface area contributed by atoms with Crippen LogP contribution in [0.3, 0.4) is 0 Å². The molecule has 7 heteroatoms. The Bertz CT molecular complexity index is 247. The zero-order valence-electron chi connectivity index (χ0n) is 11.2. The van der Waals surface area contributed by atoms with Gasteiger partial charge in [0, 0.05) is 0 Å². The molecule has 0 saturated heterocycles. The van der Waals surface area contributed by atoms with Gasteiger partial charge in [-0.25, -0.2) is 0 Å². The van der Waals surface area contributed by atoms with E-state index in [4.69, 9.17) is 0 Å². The summed E-state index contributed by atoms with van der Waals surface area (Å²) >= 11 is 0. The van der Waals surface area contributed by atoms with E-state index in [1.54, 1.807) is 0 Å². The average molecular weight is 300 g/mol. The van der Waals surface area contributed by atoms with Gasteiger partial charge in [-0.1, -0.05) is 17.4 Å². The fourth-order valence-corrected chi connectivity index (χ4v) is 5.31. The van der Waals surface area contributed by atoms with Crippen molar-refractivity contribution in [2.45, 2.75) is 75.5 Å². The maximum absolute atomic E-state index is 12.3. The summed E-state index contributed by atoms with van der Waals surface area (Å²) in [5.74, 6) is 0. The maximum Gasteiger partial charge on any atom is 0.673 e. The molecule has 0 spiro atoms. The van der Waals surface area contributed by atoms with E-state index in [2.05, 4.69) is 0 Å². The molecule has 0 unspecified atom stereocenters. The SMILES string of the molecule is F[B-](F)(F)F.O=[P+](C1CCCCC1)C1CCCCC1. The van der Waals surface area contributed by atoms with Gasteiger partial charge in [0.15, 0.2) is 11.3 Å². The van der Waals surface area contributed by atoms with E-state index in [0.717, 1.165) is 0 Å². The molecule has 0 aromatic carbocycles. The van der Waals surface area contributed by atoms with Crippen molar-refractivity contribution < 1.29 is 21.8 Å². The van der Waals surface area contributed by atoms with Crippen LogP contribution in [0.15, 0.2) is 0 Å². The largest absolute Gasteiger partial charge is 0.673 e. The highest BCUT2D eigenvalue weighted by Gasteiger charge is 2.39. The molecule has 2 saturated carbocycles. The highest BCUT2D eigenvalue weighted by atomic mass is 31.1. The number of hydrogen-bond acceptors (Lipinski definition) is 1. The Morgan fingerprint density at radius 1 is 0.684 bits per heavy atom. The summed E-state index contributed by atoms with van der Waals surface area (Å²) < 4.78 is 51.3. The third-order valence-electron chi connectivity index (χ3n) is 3.87. The van der Waals surface area contributed by atoms with Crippen LogP contribution in [0.5, 0.6) is 0 Å². The summed E-state index contributed by atoms with van der Waals surface area (Å²) in [7, 11) is -6.87. The van der Waals surface area contributed by atoms with Gasteiger partial charge in [-0.15, -0.1) is 0 Å². The summed E-state index contributed by atoms with van der Waals surface area (Å²) in [6.07, 6.45) is 13.1. The summed E-state index contributed by atoms with van der Waals surface area (Å²) in [4.78, 5) is 0. The van der Waals surface area contributed by atoms with Crippen molar-refractivity contribution >= 4 is 15.1 Å². The van der Waals surface area contributed by atoms with Crippen molar-refractivity contribution in [1.29, 1.82) is 0 Å². The molecule has 2 fully saturated rings. The first-order chi connectivity index (χ1) is 8.88. The van der Waals surface area contributed by atoms with Crippen LogP contribution >= 0.6 is 7.80 Å². The van der Waals surface area contributed by atoms with Crippen molar-refractivity contribution in [2.24, 2.45) is 0 Å². The summed E-state index contributed by atoms with van der Waals surface area (Å²) in [5, 5.41) is 0. The minimum atomic E-state index is -6.00. The number of rotatable bonds is 2. The predicted octanol–water partition coefficient (Wildman–Crippen LogP) is 5.78. The Labute approximate surface area is 113 Å². The fraction of sp³-hybridized carbons (Fsp3) is 1.00. The minimum absolute atomic E-state index is 0.599. The van der Waals surface area contributed by atoms with Crippen LogP contribution in [0.25, 0.3) is 0 Å². The van der Waals surface area contributed by atoms with Gasteiger partial charge in [-0.05, 0) is 51.4 Å². The summed E-state index contributed by atoms with van der Waals surface area (Å²) in [6.45, 7) is 0. The van der Waals surface area contributed by atoms with E-state index in [1.165, 1.54) is 64.2 Å². The first-order valence-electron chi connectivity index (χ1n) is 7.20. The fourth-order valence-electron chi connectivity index (χ4n) is 2.97. The van der Waals surface area contributed by atoms with Gasteiger partial charge >= 0.3 is 15.1 Å². The Kier molecular flexibility index (Phi) is 7.34. The maximum atomic E-state index is 12.3. The van der Waals surface area contributed by atoms with E-state index in [1.807, 2.05) is 0 Å². The Balaban J connectivity index is 0.000000312. The van der Waals surface area contributed by atoms with E-state index in [9.17, 15) is 21.8 Å². The van der Waals surface area contributed by atoms with Gasteiger partial charge in [0.1, 0.15) is 0 Å². The summed E-state index contributed by atoms with van der Waals surface area (Å²) in [5.41, 5.74) is 1.20. The second-order valence-electron chi connectivity index (χ2n) is 5.44. The van der Waals surface area contributed by atoms with E-state index in [0.29, 0.717) is 11.3 Å². The van der Waals surface area contributed by atoms with Crippen molar-refractivity contribution in [3.63, 3.8) is 0 Å². The van der Waals surface area contributed by atoms with Crippen molar-refractivity contribution in [3.05, 3.63) is 0 Å². The van der Waals surface area contributed by atoms with E-state index >= 15 is 0 Å². The van der Waals surface area contributed by atoms with Crippen molar-refractivity contribution in [2.75, 3.05) is 0 Å². The molecule has 0 heterocycles. The molecule has 2 aliphatic carbocycles. The highest BCUT2D eigenvalue weighted by molar-refractivity contribution is 7.46. The Morgan fingerprint density at radius 3 is 1.21 bits per heavy atom. The molecule has 0 radical (unpaired) electrons. The van der Waals surface area contributed by atoms with E-state index in [-0.39, 0.29) is 0 Å². The normalized spacial score (nSPS) is 22.5. The third-order valence-corrected chi connectivity index (χ3v) is 6.34. The van der Waals surface area contributed by atoms with Crippen molar-refractivity contribution in [1.82, 2.24) is 0 Å². The number of hydrogen-bond donors (Lipinski definition) is 0. The van der Waals surface area contributed by atoms with Crippen LogP contribution in [0.2, 0.25) is 0 Å². The second kappa shape index (κ2) is 8.23. The van der Waals surface area contributed by atoms with Crippen LogP contribution < -0.4 is 0 Å². The predicted molar refractivity (Wildman–Crippen MR) is 71.5 cm³/mol. The van der Waals surface area contributed by atoms with Gasteiger partial charge in [0.2, 0.25) is 0 Å². The van der Waals surface area contributed by atoms with Crippen LogP contribution in [0, 0.1) is 0 Å². The topological polar surface area (TPSA) is 17.1 Å². The Hall–Kier alpha value is -0.115. The minimum Gasteiger partial charge on any atom is -0.418 e. The van der Waals surface area contributed by atoms with Crippen LogP contribution in [0.4, 0.5) is 17.3 Å². The molecule has 2 aliphatic rings. The molecule has 0 amide bonds. The smallest absolute Gasteiger partial charge is 0.418 e. The van der Waals surface area contributed by atoms with Gasteiger partial charge in [0.25, 0.3) is 0 Å². The standard InChI is InChI=1S/C12H22OP.BF4/c13-14(11-7-3-1-4-8-11)12-9-5-2-6-10-12;2-1(3,4)5/h11-12H,1-10H2;/q+1;-1. The molecule has 0 atom stereocenters. The quantitative estimate of drug-likeness (QED) is 0.359. The first kappa shape index (κ1) is 16.9. The van der Waals surface area contributed by atoms with Gasteiger partial charge in [-0.2, -0.15) is 0 Å². The molecular formula is C12H22BF4OP. The molecule has 112 valence electrons. The third kappa shape index (κ3) is 7.91. The first-order valence-corrected chi connectivity index (χ1v) is 8.60. The van der Waals surface area contributed by atoms with Crippen LogP contribution in [-0.2, 0) is 4.57 Å². The lowest BCUT2D eigenvalue weighted by atomic mass is 10.00. The van der Waals surface area contributed by atoms with Gasteiger partial charge in [-0.3, -0.25) is 0 Å². The molecule has 0 N–H and O–H groups in total. The average Bonchev–Trinajstić information content (AvgIpc) is 2.38. The molecule has 0 aliphatic heterocycles. The molecule has 0 aromatic rings. The number of halogens is 4. The zero-order chi connectivity index (χ0) is 14.3. The van der Waals surface area contributed by atoms with Crippen LogP contribution in [0.1, 0.15) is 64.2 Å². The monoisotopic (exact) mass is 300 g/mol. The Morgan fingerprint density at radius 2 is 0.947 bits per heavy atom. The molecular weight excluding hydrogens is 278 g/mol. The highest BCUT2D eigenvalue weighted by Crippen LogP contribution is 2.46. The van der Waals surface area contributed by atoms with Crippen LogP contribution in [-0.4, -0.2) is 18.6 Å². The second-order valence-corrected chi connectivity index (χ2v) is 7.62. The zero-order valence-corrected chi connectivity index (χ0v) is 12.1. The van der Waals surface area contributed by atoms with Gasteiger partial charge in [0.05, 0.1) is 0 Å². The van der Waals surface area contributed by atoms with Gasteiger partial charge < -0.3 is 17.3 Å². The molecule has 19 heavy (non-hydrogen) atoms. The molecule has 1 nitrogen and oxygen atoms in total. The lowest BCUT2D eigenvalue weighted by Crippen LogP contribution is -2.16. The molecule has 0 bridgehead atoms. The summed E-state index contributed by atoms with van der Waals surface area (Å²) in [6, 6.07) is 0.